The molecule has 1 aromatic rings. The standard InChI is InChI=1S/C16H22ClNO3S/c1-3-16(4-2,12-5-7-13(17)8-6-12)15(21)18-9-10-22-11-14(19)20/h5-8H,3-4,9-11H2,1-2H3,(H,18,21)(H,19,20). The predicted molar refractivity (Wildman–Crippen MR) is 91.7 cm³/mol. The zero-order chi connectivity index (χ0) is 16.6. The van der Waals surface area contributed by atoms with Crippen LogP contribution in [0.3, 0.4) is 0 Å². The number of carbonyl (C=O) groups excluding carboxylic acids is 1. The number of halogens is 1. The second-order valence-corrected chi connectivity index (χ2v) is 6.54. The molecule has 0 radical (unpaired) electrons. The van der Waals surface area contributed by atoms with Crippen molar-refractivity contribution in [2.24, 2.45) is 0 Å². The van der Waals surface area contributed by atoms with E-state index < -0.39 is 11.4 Å². The van der Waals surface area contributed by atoms with Crippen molar-refractivity contribution in [1.82, 2.24) is 5.32 Å². The molecule has 2 N–H and O–H groups in total. The molecule has 0 fully saturated rings. The number of nitrogens with one attached hydrogen (secondary N) is 1. The Kier molecular flexibility index (Phi) is 7.76. The highest BCUT2D eigenvalue weighted by Crippen LogP contribution is 2.32. The van der Waals surface area contributed by atoms with Crippen molar-refractivity contribution >= 4 is 35.2 Å². The minimum absolute atomic E-state index is 0.0178. The molecule has 0 aromatic heterocycles. The van der Waals surface area contributed by atoms with Crippen molar-refractivity contribution in [1.29, 1.82) is 0 Å². The maximum atomic E-state index is 12.6. The summed E-state index contributed by atoms with van der Waals surface area (Å²) < 4.78 is 0. The Morgan fingerprint density at radius 1 is 1.23 bits per heavy atom. The lowest BCUT2D eigenvalue weighted by Crippen LogP contribution is -2.44. The number of carbonyl (C=O) groups is 2. The van der Waals surface area contributed by atoms with Gasteiger partial charge in [0.05, 0.1) is 11.2 Å². The SMILES string of the molecule is CCC(CC)(C(=O)NCCSCC(=O)O)c1ccc(Cl)cc1. The molecule has 0 atom stereocenters. The maximum Gasteiger partial charge on any atom is 0.313 e. The molecule has 1 amide bonds. The van der Waals surface area contributed by atoms with Crippen molar-refractivity contribution in [3.63, 3.8) is 0 Å². The van der Waals surface area contributed by atoms with Gasteiger partial charge in [-0.1, -0.05) is 37.6 Å². The first-order valence-corrected chi connectivity index (χ1v) is 8.83. The van der Waals surface area contributed by atoms with E-state index in [0.717, 1.165) is 5.56 Å². The van der Waals surface area contributed by atoms with Gasteiger partial charge in [0.2, 0.25) is 5.91 Å². The Morgan fingerprint density at radius 3 is 2.32 bits per heavy atom. The largest absolute Gasteiger partial charge is 0.481 e. The van der Waals surface area contributed by atoms with E-state index in [9.17, 15) is 9.59 Å². The summed E-state index contributed by atoms with van der Waals surface area (Å²) in [6.45, 7) is 4.46. The fourth-order valence-electron chi connectivity index (χ4n) is 2.44. The van der Waals surface area contributed by atoms with E-state index >= 15 is 0 Å². The molecule has 1 aromatic carbocycles. The van der Waals surface area contributed by atoms with E-state index in [4.69, 9.17) is 16.7 Å². The summed E-state index contributed by atoms with van der Waals surface area (Å²) in [5.74, 6) is -0.216. The third-order valence-electron chi connectivity index (χ3n) is 3.80. The van der Waals surface area contributed by atoms with Gasteiger partial charge in [-0.15, -0.1) is 11.8 Å². The summed E-state index contributed by atoms with van der Waals surface area (Å²) in [6.07, 6.45) is 1.39. The van der Waals surface area contributed by atoms with Gasteiger partial charge in [0, 0.05) is 17.3 Å². The van der Waals surface area contributed by atoms with Crippen molar-refractivity contribution in [3.8, 4) is 0 Å². The van der Waals surface area contributed by atoms with E-state index in [0.29, 0.717) is 30.2 Å². The molecule has 1 rings (SSSR count). The van der Waals surface area contributed by atoms with Crippen LogP contribution in [-0.2, 0) is 15.0 Å². The highest BCUT2D eigenvalue weighted by Gasteiger charge is 2.36. The number of thioether (sulfide) groups is 1. The minimum Gasteiger partial charge on any atom is -0.481 e. The van der Waals surface area contributed by atoms with Gasteiger partial charge in [0.25, 0.3) is 0 Å². The third-order valence-corrected chi connectivity index (χ3v) is 4.99. The van der Waals surface area contributed by atoms with Crippen LogP contribution in [0.2, 0.25) is 5.02 Å². The number of carboxylic acid groups (broad SMARTS) is 1. The van der Waals surface area contributed by atoms with Crippen molar-refractivity contribution in [2.45, 2.75) is 32.1 Å². The molecule has 0 saturated carbocycles. The lowest BCUT2D eigenvalue weighted by atomic mass is 9.75. The van der Waals surface area contributed by atoms with Gasteiger partial charge in [0.15, 0.2) is 0 Å². The molecular formula is C16H22ClNO3S. The summed E-state index contributed by atoms with van der Waals surface area (Å²) >= 11 is 7.22. The molecule has 4 nitrogen and oxygen atoms in total. The van der Waals surface area contributed by atoms with E-state index in [1.54, 1.807) is 12.1 Å². The first-order chi connectivity index (χ1) is 10.5. The summed E-state index contributed by atoms with van der Waals surface area (Å²) in [6, 6.07) is 7.39. The lowest BCUT2D eigenvalue weighted by Gasteiger charge is -2.31. The van der Waals surface area contributed by atoms with Gasteiger partial charge < -0.3 is 10.4 Å². The first-order valence-electron chi connectivity index (χ1n) is 7.30. The zero-order valence-electron chi connectivity index (χ0n) is 12.9. The van der Waals surface area contributed by atoms with Crippen molar-refractivity contribution in [3.05, 3.63) is 34.9 Å². The number of benzene rings is 1. The first kappa shape index (κ1) is 18.8. The zero-order valence-corrected chi connectivity index (χ0v) is 14.5. The molecule has 0 spiro atoms. The Bertz CT molecular complexity index is 501. The normalized spacial score (nSPS) is 11.2. The number of rotatable bonds is 9. The fourth-order valence-corrected chi connectivity index (χ4v) is 3.14. The van der Waals surface area contributed by atoms with Gasteiger partial charge in [-0.3, -0.25) is 9.59 Å². The summed E-state index contributed by atoms with van der Waals surface area (Å²) in [4.78, 5) is 23.1. The van der Waals surface area contributed by atoms with Crippen LogP contribution >= 0.6 is 23.4 Å². The minimum atomic E-state index is -0.839. The smallest absolute Gasteiger partial charge is 0.313 e. The average Bonchev–Trinajstić information content (AvgIpc) is 2.50. The molecule has 6 heteroatoms. The second-order valence-electron chi connectivity index (χ2n) is 5.00. The molecule has 0 aliphatic rings. The molecule has 0 unspecified atom stereocenters. The van der Waals surface area contributed by atoms with E-state index in [1.807, 2.05) is 26.0 Å². The van der Waals surface area contributed by atoms with Gasteiger partial charge in [-0.05, 0) is 30.5 Å². The summed E-state index contributed by atoms with van der Waals surface area (Å²) in [5, 5.41) is 12.2. The van der Waals surface area contributed by atoms with Crippen LogP contribution in [0.5, 0.6) is 0 Å². The molecular weight excluding hydrogens is 322 g/mol. The lowest BCUT2D eigenvalue weighted by molar-refractivity contribution is -0.134. The van der Waals surface area contributed by atoms with Crippen LogP contribution in [-0.4, -0.2) is 35.0 Å². The van der Waals surface area contributed by atoms with Crippen molar-refractivity contribution < 1.29 is 14.7 Å². The van der Waals surface area contributed by atoms with Crippen LogP contribution in [0.4, 0.5) is 0 Å². The highest BCUT2D eigenvalue weighted by molar-refractivity contribution is 7.99. The van der Waals surface area contributed by atoms with E-state index in [1.165, 1.54) is 11.8 Å². The molecule has 0 heterocycles. The molecule has 0 aliphatic carbocycles. The Hall–Kier alpha value is -1.20. The van der Waals surface area contributed by atoms with E-state index in [2.05, 4.69) is 5.32 Å². The van der Waals surface area contributed by atoms with Gasteiger partial charge in [0.1, 0.15) is 0 Å². The van der Waals surface area contributed by atoms with Gasteiger partial charge in [-0.2, -0.15) is 0 Å². The fraction of sp³-hybridized carbons (Fsp3) is 0.500. The molecule has 122 valence electrons. The van der Waals surface area contributed by atoms with E-state index in [-0.39, 0.29) is 11.7 Å². The Morgan fingerprint density at radius 2 is 1.82 bits per heavy atom. The molecule has 0 aliphatic heterocycles. The molecule has 22 heavy (non-hydrogen) atoms. The highest BCUT2D eigenvalue weighted by atomic mass is 35.5. The Balaban J connectivity index is 2.70. The van der Waals surface area contributed by atoms with Crippen LogP contribution in [0, 0.1) is 0 Å². The van der Waals surface area contributed by atoms with Gasteiger partial charge >= 0.3 is 5.97 Å². The number of aliphatic carboxylic acids is 1. The number of amides is 1. The predicted octanol–water partition coefficient (Wildman–Crippen LogP) is 3.33. The van der Waals surface area contributed by atoms with Crippen LogP contribution in [0.15, 0.2) is 24.3 Å². The number of hydrogen-bond donors (Lipinski definition) is 2. The van der Waals surface area contributed by atoms with Crippen LogP contribution in [0.1, 0.15) is 32.3 Å². The molecule has 0 bridgehead atoms. The molecule has 0 saturated heterocycles. The monoisotopic (exact) mass is 343 g/mol. The quantitative estimate of drug-likeness (QED) is 0.675. The number of carboxylic acids is 1. The third kappa shape index (κ3) is 4.92. The Labute approximate surface area is 140 Å². The topological polar surface area (TPSA) is 66.4 Å². The van der Waals surface area contributed by atoms with Crippen molar-refractivity contribution in [2.75, 3.05) is 18.1 Å². The number of hydrogen-bond acceptors (Lipinski definition) is 3. The average molecular weight is 344 g/mol. The second kappa shape index (κ2) is 9.06. The van der Waals surface area contributed by atoms with Crippen LogP contribution in [0.25, 0.3) is 0 Å². The summed E-state index contributed by atoms with van der Waals surface area (Å²) in [5.41, 5.74) is 0.389. The summed E-state index contributed by atoms with van der Waals surface area (Å²) in [7, 11) is 0. The van der Waals surface area contributed by atoms with Gasteiger partial charge in [-0.25, -0.2) is 0 Å². The maximum absolute atomic E-state index is 12.6. The van der Waals surface area contributed by atoms with Crippen LogP contribution < -0.4 is 5.32 Å².